The highest BCUT2D eigenvalue weighted by atomic mass is 33.1. The van der Waals surface area contributed by atoms with E-state index >= 15 is 4.79 Å². The van der Waals surface area contributed by atoms with Crippen molar-refractivity contribution in [2.75, 3.05) is 52.1 Å². The molecule has 0 spiro atoms. The maximum atomic E-state index is 15.0. The summed E-state index contributed by atoms with van der Waals surface area (Å²) in [5, 5.41) is 35.3. The lowest BCUT2D eigenvalue weighted by Crippen LogP contribution is -2.49. The molecule has 101 heavy (non-hydrogen) atoms. The number of likely N-dealkylation sites (N-methyl/N-ethyl adjacent to an activating group) is 1. The van der Waals surface area contributed by atoms with Gasteiger partial charge in [0.25, 0.3) is 5.69 Å². The number of Topliss-reactive ketones (excluding diaryl/α,β-unsaturated/α-hetero) is 5. The zero-order valence-corrected chi connectivity index (χ0v) is 60.4. The van der Waals surface area contributed by atoms with E-state index in [1.54, 1.807) is 26.0 Å². The molecule has 1 aliphatic heterocycles. The Kier molecular flexibility index (Phi) is 38.1. The number of phenolic OH excluding ortho intramolecular Hbond substituents is 1. The minimum atomic E-state index is -1.35. The highest BCUT2D eigenvalue weighted by molar-refractivity contribution is 8.77. The van der Waals surface area contributed by atoms with Crippen LogP contribution in [0, 0.1) is 39.7 Å². The topological polar surface area (TPSA) is 560 Å². The highest BCUT2D eigenvalue weighted by Crippen LogP contribution is 2.37. The van der Waals surface area contributed by atoms with Crippen molar-refractivity contribution in [1.82, 2.24) is 31.5 Å². The van der Waals surface area contributed by atoms with Gasteiger partial charge in [-0.15, -0.1) is 0 Å². The largest absolute Gasteiger partial charge is 0.508 e. The Morgan fingerprint density at radius 3 is 1.88 bits per heavy atom. The van der Waals surface area contributed by atoms with E-state index in [1.165, 1.54) is 72.0 Å². The molecule has 560 valence electrons. The summed E-state index contributed by atoms with van der Waals surface area (Å²) < 4.78 is -0.717. The van der Waals surface area contributed by atoms with Gasteiger partial charge in [-0.05, 0) is 134 Å². The van der Waals surface area contributed by atoms with E-state index in [1.807, 2.05) is 13.8 Å². The van der Waals surface area contributed by atoms with Crippen LogP contribution in [0.5, 0.6) is 5.75 Å². The molecule has 6 amide bonds. The van der Waals surface area contributed by atoms with Gasteiger partial charge in [0.1, 0.15) is 5.75 Å². The minimum Gasteiger partial charge on any atom is -0.508 e. The van der Waals surface area contributed by atoms with Crippen molar-refractivity contribution in [3.63, 3.8) is 0 Å². The number of hydrogen-bond acceptors (Lipinski definition) is 21. The van der Waals surface area contributed by atoms with Gasteiger partial charge in [-0.3, -0.25) is 77.8 Å². The maximum absolute atomic E-state index is 15.0. The van der Waals surface area contributed by atoms with Crippen LogP contribution in [0.4, 0.5) is 5.69 Å². The molecule has 2 aromatic rings. The average molecular weight is 1450 g/mol. The first-order chi connectivity index (χ1) is 47.6. The third-order valence-corrected chi connectivity index (χ3v) is 20.0. The van der Waals surface area contributed by atoms with Gasteiger partial charge >= 0.3 is 0 Å². The summed E-state index contributed by atoms with van der Waals surface area (Å²) >= 11 is 0. The molecule has 0 radical (unpaired) electrons. The van der Waals surface area contributed by atoms with Crippen LogP contribution in [0.3, 0.4) is 0 Å². The lowest BCUT2D eigenvalue weighted by molar-refractivity contribution is -0.384. The fourth-order valence-corrected chi connectivity index (χ4v) is 13.8. The van der Waals surface area contributed by atoms with Crippen molar-refractivity contribution in [1.29, 1.82) is 0 Å². The number of aliphatic imine (C=N–C) groups is 3. The Morgan fingerprint density at radius 2 is 1.30 bits per heavy atom. The molecule has 1 aliphatic rings. The first kappa shape index (κ1) is 86.5. The lowest BCUT2D eigenvalue weighted by Gasteiger charge is -2.27. The molecule has 0 aromatic heterocycles. The number of ketones is 5. The Hall–Kier alpha value is -8.76. The van der Waals surface area contributed by atoms with Gasteiger partial charge in [-0.1, -0.05) is 59.7 Å². The maximum Gasteiger partial charge on any atom is 0.269 e. The molecule has 9 atom stereocenters. The molecule has 0 aliphatic carbocycles. The number of hydrogen-bond donors (Lipinski definition) is 14. The number of nitrogens with one attached hydrogen (secondary N) is 5. The number of non-ortho nitro benzene ring substituents is 1. The monoisotopic (exact) mass is 1450 g/mol. The predicted octanol–water partition coefficient (Wildman–Crippen LogP) is 0.717. The molecule has 1 heterocycles. The molecule has 9 unspecified atom stereocenters. The summed E-state index contributed by atoms with van der Waals surface area (Å²) in [7, 11) is 3.90. The van der Waals surface area contributed by atoms with E-state index in [4.69, 9.17) is 45.9 Å². The number of guanidine groups is 3. The number of rotatable bonds is 41. The molecule has 32 nitrogen and oxygen atoms in total. The van der Waals surface area contributed by atoms with Gasteiger partial charge in [0.15, 0.2) is 46.8 Å². The Labute approximate surface area is 597 Å². The highest BCUT2D eigenvalue weighted by Gasteiger charge is 2.38. The van der Waals surface area contributed by atoms with Crippen molar-refractivity contribution in [3.8, 4) is 5.75 Å². The predicted molar refractivity (Wildman–Crippen MR) is 389 cm³/mol. The summed E-state index contributed by atoms with van der Waals surface area (Å²) in [5.41, 5.74) is 46.6. The summed E-state index contributed by atoms with van der Waals surface area (Å²) in [6.45, 7) is 8.62. The summed E-state index contributed by atoms with van der Waals surface area (Å²) in [5.74, 6) is -12.7. The zero-order chi connectivity index (χ0) is 75.5. The van der Waals surface area contributed by atoms with E-state index < -0.39 is 161 Å². The summed E-state index contributed by atoms with van der Waals surface area (Å²) in [4.78, 5) is 181. The zero-order valence-electron chi connectivity index (χ0n) is 58.8. The molecule has 1 saturated heterocycles. The number of nitrogens with zero attached hydrogens (tertiary/aromatic N) is 5. The fraction of sp³-hybridized carbons (Fsp3) is 0.612. The molecule has 22 N–H and O–H groups in total. The van der Waals surface area contributed by atoms with Gasteiger partial charge in [-0.2, -0.15) is 0 Å². The second-order valence-electron chi connectivity index (χ2n) is 26.6. The van der Waals surface area contributed by atoms with Crippen molar-refractivity contribution >= 4 is 110 Å². The average Bonchev–Trinajstić information content (AvgIpc) is 1.37. The van der Waals surface area contributed by atoms with Crippen LogP contribution in [0.2, 0.25) is 0 Å². The van der Waals surface area contributed by atoms with Crippen molar-refractivity contribution in [3.05, 3.63) is 69.8 Å². The quantitative estimate of drug-likeness (QED) is 0.0109. The second kappa shape index (κ2) is 44.5. The normalized spacial score (nSPS) is 17.6. The van der Waals surface area contributed by atoms with E-state index in [9.17, 15) is 63.2 Å². The first-order valence-corrected chi connectivity index (χ1v) is 36.2. The van der Waals surface area contributed by atoms with Gasteiger partial charge in [0.05, 0.1) is 53.5 Å². The minimum absolute atomic E-state index is 0.00916. The number of aromatic hydroxyl groups is 1. The van der Waals surface area contributed by atoms with E-state index in [2.05, 4.69) is 41.6 Å². The van der Waals surface area contributed by atoms with Crippen molar-refractivity contribution < 1.29 is 62.8 Å². The Balaban J connectivity index is 2.07. The number of unbranched alkanes of at least 4 members (excludes halogenated alkanes) is 1. The van der Waals surface area contributed by atoms with E-state index in [0.29, 0.717) is 30.5 Å². The number of nitro benzene ring substituents is 1. The molecule has 0 saturated carbocycles. The Morgan fingerprint density at radius 1 is 0.733 bits per heavy atom. The van der Waals surface area contributed by atoms with E-state index in [-0.39, 0.29) is 137 Å². The molecular weight excluding hydrogens is 1340 g/mol. The molecule has 1 fully saturated rings. The molecule has 0 bridgehead atoms. The number of phenols is 1. The van der Waals surface area contributed by atoms with Gasteiger partial charge in [-0.25, -0.2) is 0 Å². The van der Waals surface area contributed by atoms with Gasteiger partial charge in [0.2, 0.25) is 35.4 Å². The molecule has 2 aromatic carbocycles. The van der Waals surface area contributed by atoms with Crippen LogP contribution in [-0.2, 0) is 65.6 Å². The van der Waals surface area contributed by atoms with Crippen LogP contribution < -0.4 is 72.5 Å². The van der Waals surface area contributed by atoms with E-state index in [0.717, 1.165) is 4.90 Å². The number of nitrogens with two attached hydrogens (primary N) is 8. The smallest absolute Gasteiger partial charge is 0.269 e. The number of benzene rings is 2. The number of carbonyl (C=O) groups excluding carboxylic acids is 11. The summed E-state index contributed by atoms with van der Waals surface area (Å²) in [6, 6.07) is 5.52. The lowest BCUT2D eigenvalue weighted by atomic mass is 9.88. The van der Waals surface area contributed by atoms with Gasteiger partial charge in [0, 0.05) is 99.8 Å². The van der Waals surface area contributed by atoms with Crippen LogP contribution in [0.15, 0.2) is 63.5 Å². The first-order valence-electron chi connectivity index (χ1n) is 33.8. The van der Waals surface area contributed by atoms with Crippen molar-refractivity contribution in [2.45, 2.75) is 179 Å². The third kappa shape index (κ3) is 34.0. The Bertz CT molecular complexity index is 3220. The van der Waals surface area contributed by atoms with Crippen molar-refractivity contribution in [2.24, 2.45) is 90.4 Å². The van der Waals surface area contributed by atoms with Crippen LogP contribution in [-0.4, -0.2) is 184 Å². The molecular formula is C67H106N18O14S2. The molecule has 3 rings (SSSR count). The van der Waals surface area contributed by atoms with Crippen LogP contribution in [0.1, 0.15) is 142 Å². The number of carbonyl (C=O) groups is 11. The summed E-state index contributed by atoms with van der Waals surface area (Å²) in [6.07, 6.45) is -0.831. The van der Waals surface area contributed by atoms with Crippen LogP contribution in [0.25, 0.3) is 0 Å². The van der Waals surface area contributed by atoms with Crippen LogP contribution >= 0.6 is 21.6 Å². The second-order valence-corrected chi connectivity index (χ2v) is 29.6. The van der Waals surface area contributed by atoms with Gasteiger partial charge < -0.3 is 82.5 Å². The standard InChI is InChI=1S/C67H106N18O14S2/c1-39(2)28-54(83-60(94)44(29-41-16-20-47(21-17-41)85(98)99)31-49(88)36-84(6)63(97)50(69)30-42-18-22-48(87)23-19-42)57(91)32-43(12-9-25-76-64(70)71)59(93)81-53(15-11-27-78-66(74)75)56(90)34-46-37-100-101-67(4,5)38-79-58(92)35-45(61(95)80-51(40(3)86)13-7-8-24-68)33-55(89)52(82-62(46)96)14-10-26-77-65(72)73/h16-23,39,43-46,50-54,87H,7-15,24-38,68-69H2,1-6H3,(H,79,92)(H,80,95)(H,81,93)(H,82,96)(H,83,94)(H4,70,71,76)(H4,72,73,77)(H4,74,75,78). The number of nitro groups is 1. The third-order valence-electron chi connectivity index (χ3n) is 16.6. The molecule has 34 heteroatoms. The fourth-order valence-electron chi connectivity index (χ4n) is 11.1. The number of amides is 6. The SMILES string of the molecule is CC(=O)C(CCCCN)NC(=O)C1CC(=O)NCC(C)(C)SSCC(CC(=O)C(CCCN=C(N)N)NC(=O)C(CCCN=C(N)N)CC(=O)C(CC(C)C)NC(=O)C(CC(=O)CN(C)C(=O)C(N)Cc2ccc(O)cc2)Cc2ccc([N+](=O)[O-])cc2)C(=O)NC(CCCN=C(N)N)C(=O)C1.